The van der Waals surface area contributed by atoms with Crippen LogP contribution in [0.2, 0.25) is 0 Å². The zero-order valence-electron chi connectivity index (χ0n) is 33.1. The Balaban J connectivity index is 1.31. The van der Waals surface area contributed by atoms with E-state index in [1.54, 1.807) is 68.1 Å². The molecule has 0 unspecified atom stereocenters. The van der Waals surface area contributed by atoms with Crippen molar-refractivity contribution in [2.24, 2.45) is 5.92 Å². The molecule has 300 valence electrons. The minimum absolute atomic E-state index is 0.125. The Morgan fingerprint density at radius 1 is 1.04 bits per heavy atom. The lowest BCUT2D eigenvalue weighted by atomic mass is 10.0. The third kappa shape index (κ3) is 11.1. The normalized spacial score (nSPS) is 18.7. The molecule has 1 aliphatic heterocycles. The van der Waals surface area contributed by atoms with Crippen LogP contribution in [0.3, 0.4) is 0 Å². The van der Waals surface area contributed by atoms with E-state index in [1.165, 1.54) is 0 Å². The van der Waals surface area contributed by atoms with E-state index in [0.717, 1.165) is 24.8 Å². The molecule has 0 bridgehead atoms. The van der Waals surface area contributed by atoms with Gasteiger partial charge < -0.3 is 45.7 Å². The molecule has 0 spiro atoms. The van der Waals surface area contributed by atoms with Crippen molar-refractivity contribution in [3.63, 3.8) is 0 Å². The van der Waals surface area contributed by atoms with E-state index >= 15 is 0 Å². The van der Waals surface area contributed by atoms with Crippen LogP contribution in [-0.2, 0) is 11.3 Å². The van der Waals surface area contributed by atoms with Crippen molar-refractivity contribution in [2.45, 2.75) is 78.7 Å². The number of ether oxygens (including phenoxy) is 2. The Morgan fingerprint density at radius 2 is 1.79 bits per heavy atom. The fourth-order valence-electron chi connectivity index (χ4n) is 6.65. The Labute approximate surface area is 328 Å². The summed E-state index contributed by atoms with van der Waals surface area (Å²) in [5, 5.41) is 22.7. The van der Waals surface area contributed by atoms with Gasteiger partial charge in [0.15, 0.2) is 5.76 Å². The maximum atomic E-state index is 14.5. The fraction of sp³-hybridized carbons (Fsp3) is 0.429. The molecule has 56 heavy (non-hydrogen) atoms. The Hall–Kier alpha value is -5.44. The van der Waals surface area contributed by atoms with Crippen LogP contribution in [0.1, 0.15) is 77.8 Å². The molecule has 0 saturated heterocycles. The van der Waals surface area contributed by atoms with Gasteiger partial charge in [0, 0.05) is 43.4 Å². The summed E-state index contributed by atoms with van der Waals surface area (Å²) in [6.45, 7) is 11.1. The van der Waals surface area contributed by atoms with E-state index in [1.807, 2.05) is 38.2 Å². The first-order valence-corrected chi connectivity index (χ1v) is 19.1. The number of carbonyl (C=O) groups is 3. The number of nitrogens with two attached hydrogens (primary N) is 1. The molecule has 1 aromatic heterocycles. The van der Waals surface area contributed by atoms with Crippen LogP contribution in [0.25, 0.3) is 0 Å². The van der Waals surface area contributed by atoms with E-state index in [-0.39, 0.29) is 42.1 Å². The third-order valence-corrected chi connectivity index (χ3v) is 9.95. The first-order valence-electron chi connectivity index (χ1n) is 19.1. The number of amides is 4. The number of aromatic nitrogens is 1. The number of nitrogen functional groups attached to an aromatic ring is 1. The Bertz CT molecular complexity index is 1930. The number of hydrogen-bond donors (Lipinski definition) is 5. The van der Waals surface area contributed by atoms with Crippen molar-refractivity contribution in [1.29, 1.82) is 0 Å². The molecule has 0 aliphatic carbocycles. The number of para-hydroxylation sites is 2. The summed E-state index contributed by atoms with van der Waals surface area (Å²) in [4.78, 5) is 44.2. The van der Waals surface area contributed by atoms with Crippen LogP contribution in [-0.4, -0.2) is 89.5 Å². The van der Waals surface area contributed by atoms with E-state index in [4.69, 9.17) is 19.7 Å². The van der Waals surface area contributed by atoms with Gasteiger partial charge in [0.05, 0.1) is 41.8 Å². The number of carbonyl (C=O) groups excluding carboxylic acids is 3. The summed E-state index contributed by atoms with van der Waals surface area (Å²) in [5.41, 5.74) is 10.3. The molecule has 6 N–H and O–H groups in total. The molecule has 3 aromatic carbocycles. The zero-order valence-corrected chi connectivity index (χ0v) is 33.1. The first kappa shape index (κ1) is 41.7. The number of rotatable bonds is 10. The van der Waals surface area contributed by atoms with Crippen LogP contribution in [0.5, 0.6) is 5.75 Å². The molecule has 14 heteroatoms. The van der Waals surface area contributed by atoms with Crippen molar-refractivity contribution >= 4 is 40.6 Å². The highest BCUT2D eigenvalue weighted by Crippen LogP contribution is 2.29. The molecular formula is C42H55N7O7. The highest BCUT2D eigenvalue weighted by Gasteiger charge is 2.30. The second kappa shape index (κ2) is 19.4. The molecule has 4 atom stereocenters. The number of aliphatic hydroxyl groups is 1. The fourth-order valence-corrected chi connectivity index (χ4v) is 6.65. The number of anilines is 4. The maximum absolute atomic E-state index is 14.5. The number of aliphatic hydroxyl groups excluding tert-OH is 1. The van der Waals surface area contributed by atoms with Gasteiger partial charge in [-0.2, -0.15) is 0 Å². The summed E-state index contributed by atoms with van der Waals surface area (Å²) in [6, 6.07) is 18.6. The summed E-state index contributed by atoms with van der Waals surface area (Å²) < 4.78 is 18.0. The average Bonchev–Trinajstić information content (AvgIpc) is 3.49. The minimum atomic E-state index is -0.519. The SMILES string of the molecule is Cc1noc(C)c1NC(=O)Nc1ccc2c(c1)C(=O)N([C@H](C)CO)C[C@H](C)[C@H](CN(C)Cc1ccc(C(=O)Nc3ccccc3N)cc1)OCCCC[C@@H](C)O2. The van der Waals surface area contributed by atoms with Crippen molar-refractivity contribution in [3.05, 3.63) is 94.9 Å². The van der Waals surface area contributed by atoms with Crippen molar-refractivity contribution < 1.29 is 33.5 Å². The van der Waals surface area contributed by atoms with E-state index < -0.39 is 12.1 Å². The second-order valence-electron chi connectivity index (χ2n) is 14.7. The zero-order chi connectivity index (χ0) is 40.4. The number of fused-ring (bicyclic) bond motifs is 1. The number of benzene rings is 3. The largest absolute Gasteiger partial charge is 0.490 e. The molecule has 1 aliphatic rings. The number of aryl methyl sites for hydroxylation is 2. The second-order valence-corrected chi connectivity index (χ2v) is 14.7. The van der Waals surface area contributed by atoms with Crippen molar-refractivity contribution in [3.8, 4) is 5.75 Å². The highest BCUT2D eigenvalue weighted by molar-refractivity contribution is 6.06. The van der Waals surface area contributed by atoms with E-state index in [0.29, 0.717) is 71.8 Å². The van der Waals surface area contributed by atoms with Gasteiger partial charge in [0.2, 0.25) is 0 Å². The van der Waals surface area contributed by atoms with Gasteiger partial charge in [0.1, 0.15) is 17.1 Å². The van der Waals surface area contributed by atoms with E-state index in [2.05, 4.69) is 32.9 Å². The number of nitrogens with one attached hydrogen (secondary N) is 3. The lowest BCUT2D eigenvalue weighted by Gasteiger charge is -2.36. The maximum Gasteiger partial charge on any atom is 0.323 e. The predicted octanol–water partition coefficient (Wildman–Crippen LogP) is 6.70. The van der Waals surface area contributed by atoms with Crippen LogP contribution < -0.4 is 26.4 Å². The number of nitrogens with zero attached hydrogens (tertiary/aromatic N) is 3. The molecule has 0 saturated carbocycles. The standard InChI is InChI=1S/C42H55N7O7/c1-26-22-49(27(2)25-50)41(52)34-21-33(44-42(53)46-39-29(4)47-56-30(39)5)18-19-37(34)55-28(3)11-9-10-20-54-38(26)24-48(6)23-31-14-16-32(17-15-31)40(51)45-36-13-8-7-12-35(36)43/h7-8,12-19,21,26-28,38,50H,9-11,20,22-25,43H2,1-6H3,(H,45,51)(H2,44,46,53)/t26-,27+,28+,38-/m0/s1. The van der Waals surface area contributed by atoms with E-state index in [9.17, 15) is 19.5 Å². The van der Waals surface area contributed by atoms with Gasteiger partial charge in [-0.25, -0.2) is 4.79 Å². The third-order valence-electron chi connectivity index (χ3n) is 9.95. The summed E-state index contributed by atoms with van der Waals surface area (Å²) in [7, 11) is 2.02. The van der Waals surface area contributed by atoms with Crippen molar-refractivity contribution in [1.82, 2.24) is 15.0 Å². The van der Waals surface area contributed by atoms with Crippen LogP contribution in [0.15, 0.2) is 71.3 Å². The summed E-state index contributed by atoms with van der Waals surface area (Å²) in [6.07, 6.45) is 2.03. The lowest BCUT2D eigenvalue weighted by Crippen LogP contribution is -2.47. The molecule has 0 fully saturated rings. The van der Waals surface area contributed by atoms with Gasteiger partial charge >= 0.3 is 6.03 Å². The highest BCUT2D eigenvalue weighted by atomic mass is 16.5. The number of likely N-dealkylation sites (N-methyl/N-ethyl adjacent to an activating group) is 1. The predicted molar refractivity (Wildman–Crippen MR) is 217 cm³/mol. The average molecular weight is 770 g/mol. The monoisotopic (exact) mass is 769 g/mol. The quantitative estimate of drug-likeness (QED) is 0.109. The topological polar surface area (TPSA) is 185 Å². The van der Waals surface area contributed by atoms with Gasteiger partial charge in [-0.3, -0.25) is 14.5 Å². The van der Waals surface area contributed by atoms with Crippen molar-refractivity contribution in [2.75, 3.05) is 55.0 Å². The number of hydrogen-bond acceptors (Lipinski definition) is 10. The summed E-state index contributed by atoms with van der Waals surface area (Å²) >= 11 is 0. The van der Waals surface area contributed by atoms with Crippen LogP contribution in [0.4, 0.5) is 27.5 Å². The summed E-state index contributed by atoms with van der Waals surface area (Å²) in [5.74, 6) is 0.176. The Kier molecular flexibility index (Phi) is 14.5. The molecule has 2 heterocycles. The van der Waals surface area contributed by atoms with Gasteiger partial charge in [0.25, 0.3) is 11.8 Å². The van der Waals surface area contributed by atoms with Gasteiger partial charge in [-0.15, -0.1) is 0 Å². The van der Waals surface area contributed by atoms with Gasteiger partial charge in [-0.05, 0) is 102 Å². The molecule has 4 aromatic rings. The minimum Gasteiger partial charge on any atom is -0.490 e. The molecule has 0 radical (unpaired) electrons. The first-order chi connectivity index (χ1) is 26.8. The molecule has 14 nitrogen and oxygen atoms in total. The van der Waals surface area contributed by atoms with Crippen LogP contribution >= 0.6 is 0 Å². The van der Waals surface area contributed by atoms with Crippen LogP contribution in [0, 0.1) is 19.8 Å². The number of urea groups is 1. The van der Waals surface area contributed by atoms with Gasteiger partial charge in [-0.1, -0.05) is 36.3 Å². The molecule has 4 amide bonds. The smallest absolute Gasteiger partial charge is 0.323 e. The Morgan fingerprint density at radius 3 is 2.48 bits per heavy atom. The molecule has 5 rings (SSSR count). The lowest BCUT2D eigenvalue weighted by molar-refractivity contribution is -0.0177. The molecular weight excluding hydrogens is 715 g/mol.